The molecule has 0 saturated heterocycles. The summed E-state index contributed by atoms with van der Waals surface area (Å²) < 4.78 is 6.71. The number of para-hydroxylation sites is 4. The summed E-state index contributed by atoms with van der Waals surface area (Å²) >= 11 is 0. The van der Waals surface area contributed by atoms with Gasteiger partial charge in [0.2, 0.25) is 6.71 Å². The van der Waals surface area contributed by atoms with Gasteiger partial charge in [0, 0.05) is 0 Å². The van der Waals surface area contributed by atoms with E-state index >= 15 is 0 Å². The highest BCUT2D eigenvalue weighted by Gasteiger charge is 2.54. The van der Waals surface area contributed by atoms with Crippen molar-refractivity contribution in [2.45, 2.75) is 64.7 Å². The van der Waals surface area contributed by atoms with E-state index < -0.39 is 5.41 Å². The first-order chi connectivity index (χ1) is 23.8. The van der Waals surface area contributed by atoms with Crippen LogP contribution in [-0.4, -0.2) is 6.71 Å². The highest BCUT2D eigenvalue weighted by molar-refractivity contribution is 6.97. The van der Waals surface area contributed by atoms with Gasteiger partial charge in [-0.1, -0.05) is 161 Å². The molecular weight excluding hydrogens is 593 g/mol. The van der Waals surface area contributed by atoms with Gasteiger partial charge in [0.15, 0.2) is 11.5 Å². The minimum Gasteiger partial charge on any atom is -0.453 e. The van der Waals surface area contributed by atoms with E-state index in [0.29, 0.717) is 17.8 Å². The fourth-order valence-electron chi connectivity index (χ4n) is 9.22. The summed E-state index contributed by atoms with van der Waals surface area (Å²) in [6, 6.07) is 47.9. The number of hydrogen-bond acceptors (Lipinski definition) is 2. The Morgan fingerprint density at radius 2 is 1.02 bits per heavy atom. The monoisotopic (exact) mass is 635 g/mol. The van der Waals surface area contributed by atoms with Crippen molar-refractivity contribution in [2.24, 2.45) is 0 Å². The van der Waals surface area contributed by atoms with Gasteiger partial charge in [-0.25, -0.2) is 0 Å². The molecule has 6 aromatic rings. The quantitative estimate of drug-likeness (QED) is 0.179. The number of fused-ring (bicyclic) bond motifs is 10. The van der Waals surface area contributed by atoms with Crippen LogP contribution < -0.4 is 26.0 Å². The maximum atomic E-state index is 6.71. The van der Waals surface area contributed by atoms with Crippen molar-refractivity contribution in [1.82, 2.24) is 0 Å². The van der Waals surface area contributed by atoms with Crippen LogP contribution in [0.25, 0.3) is 0 Å². The van der Waals surface area contributed by atoms with Gasteiger partial charge in [-0.3, -0.25) is 0 Å². The fraction of sp³-hybridized carbons (Fsp3) is 0.217. The zero-order valence-electron chi connectivity index (χ0n) is 29.3. The topological polar surface area (TPSA) is 12.5 Å². The Hall–Kier alpha value is -5.02. The molecule has 1 spiro atoms. The van der Waals surface area contributed by atoms with Crippen LogP contribution in [0.15, 0.2) is 127 Å². The molecule has 0 atom stereocenters. The number of anilines is 3. The minimum absolute atomic E-state index is 0.107. The Balaban J connectivity index is 1.42. The Bertz CT molecular complexity index is 2200. The second-order valence-corrected chi connectivity index (χ2v) is 15.0. The van der Waals surface area contributed by atoms with Gasteiger partial charge in [-0.05, 0) is 81.0 Å². The lowest BCUT2D eigenvalue weighted by atomic mass is 9.29. The predicted molar refractivity (Wildman–Crippen MR) is 206 cm³/mol. The molecule has 49 heavy (non-hydrogen) atoms. The highest BCUT2D eigenvalue weighted by Crippen LogP contribution is 2.63. The van der Waals surface area contributed by atoms with E-state index in [-0.39, 0.29) is 6.71 Å². The first-order valence-corrected chi connectivity index (χ1v) is 18.0. The normalized spacial score (nSPS) is 14.7. The molecule has 0 saturated carbocycles. The van der Waals surface area contributed by atoms with Crippen LogP contribution in [0.5, 0.6) is 11.5 Å². The molecule has 0 N–H and O–H groups in total. The standard InChI is InChI=1S/C46H42BNO/c1-28(2)31-26-32(29(3)4)44(33(27-31)30(5)6)47-38-20-10-7-16-34(38)46(35-17-8-11-21-39(35)47)36-18-9-12-22-40(36)48-41-23-13-14-24-42(41)49-43-25-15-19-37(46)45(43)48/h7-30H,1-6H3. The summed E-state index contributed by atoms with van der Waals surface area (Å²) in [6.07, 6.45) is 0. The molecule has 0 bridgehead atoms. The molecule has 0 fully saturated rings. The van der Waals surface area contributed by atoms with Crippen LogP contribution in [0.2, 0.25) is 0 Å². The van der Waals surface area contributed by atoms with Crippen LogP contribution >= 0.6 is 0 Å². The average molecular weight is 636 g/mol. The number of hydrogen-bond donors (Lipinski definition) is 0. The first kappa shape index (κ1) is 30.1. The van der Waals surface area contributed by atoms with E-state index in [1.165, 1.54) is 61.0 Å². The molecule has 3 heterocycles. The predicted octanol–water partition coefficient (Wildman–Crippen LogP) is 10.2. The molecule has 3 heteroatoms. The number of rotatable bonds is 4. The van der Waals surface area contributed by atoms with Gasteiger partial charge < -0.3 is 9.64 Å². The molecule has 9 rings (SSSR count). The lowest BCUT2D eigenvalue weighted by Gasteiger charge is -2.51. The van der Waals surface area contributed by atoms with Crippen molar-refractivity contribution in [3.8, 4) is 11.5 Å². The minimum atomic E-state index is -0.536. The van der Waals surface area contributed by atoms with Crippen molar-refractivity contribution in [2.75, 3.05) is 4.90 Å². The van der Waals surface area contributed by atoms with Crippen molar-refractivity contribution >= 4 is 40.2 Å². The number of nitrogens with zero attached hydrogens (tertiary/aromatic N) is 1. The molecule has 0 aliphatic carbocycles. The van der Waals surface area contributed by atoms with E-state index in [1.54, 1.807) is 0 Å². The third-order valence-corrected chi connectivity index (χ3v) is 11.3. The Morgan fingerprint density at radius 3 is 1.63 bits per heavy atom. The van der Waals surface area contributed by atoms with E-state index in [2.05, 4.69) is 174 Å². The average Bonchev–Trinajstić information content (AvgIpc) is 3.12. The molecule has 3 aliphatic heterocycles. The molecule has 0 radical (unpaired) electrons. The largest absolute Gasteiger partial charge is 0.453 e. The molecule has 6 aromatic carbocycles. The molecule has 0 amide bonds. The van der Waals surface area contributed by atoms with Gasteiger partial charge in [-0.2, -0.15) is 0 Å². The Morgan fingerprint density at radius 1 is 0.510 bits per heavy atom. The molecule has 3 aliphatic rings. The van der Waals surface area contributed by atoms with Crippen LogP contribution in [0.1, 0.15) is 98.2 Å². The van der Waals surface area contributed by atoms with Gasteiger partial charge >= 0.3 is 0 Å². The maximum Gasteiger partial charge on any atom is 0.242 e. The molecule has 0 aromatic heterocycles. The zero-order chi connectivity index (χ0) is 33.6. The van der Waals surface area contributed by atoms with E-state index in [0.717, 1.165) is 22.9 Å². The Labute approximate surface area is 291 Å². The summed E-state index contributed by atoms with van der Waals surface area (Å²) in [4.78, 5) is 2.44. The van der Waals surface area contributed by atoms with Crippen molar-refractivity contribution in [3.63, 3.8) is 0 Å². The van der Waals surface area contributed by atoms with E-state index in [1.807, 2.05) is 0 Å². The third-order valence-electron chi connectivity index (χ3n) is 11.3. The van der Waals surface area contributed by atoms with Crippen molar-refractivity contribution in [3.05, 3.63) is 166 Å². The van der Waals surface area contributed by atoms with Gasteiger partial charge in [-0.15, -0.1) is 0 Å². The summed E-state index contributed by atoms with van der Waals surface area (Å²) in [5, 5.41) is 0. The smallest absolute Gasteiger partial charge is 0.242 e. The van der Waals surface area contributed by atoms with Crippen molar-refractivity contribution < 1.29 is 4.74 Å². The first-order valence-electron chi connectivity index (χ1n) is 18.0. The van der Waals surface area contributed by atoms with E-state index in [4.69, 9.17) is 4.74 Å². The second kappa shape index (κ2) is 11.0. The highest BCUT2D eigenvalue weighted by atomic mass is 16.5. The summed E-state index contributed by atoms with van der Waals surface area (Å²) in [5.74, 6) is 3.04. The second-order valence-electron chi connectivity index (χ2n) is 15.0. The maximum absolute atomic E-state index is 6.71. The fourth-order valence-corrected chi connectivity index (χ4v) is 9.22. The van der Waals surface area contributed by atoms with Gasteiger partial charge in [0.25, 0.3) is 0 Å². The number of ether oxygens (including phenoxy) is 1. The van der Waals surface area contributed by atoms with Gasteiger partial charge in [0.05, 0.1) is 22.5 Å². The molecule has 0 unspecified atom stereocenters. The lowest BCUT2D eigenvalue weighted by Crippen LogP contribution is -2.64. The third kappa shape index (κ3) is 4.08. The summed E-state index contributed by atoms with van der Waals surface area (Å²) in [7, 11) is 0. The SMILES string of the molecule is CC(C)c1cc(C(C)C)c(B2c3ccccc3C3(c4ccccc42)c2ccccc2N2c4ccccc4Oc4cccc3c42)c(C(C)C)c1. The number of benzene rings is 6. The lowest BCUT2D eigenvalue weighted by molar-refractivity contribution is 0.473. The van der Waals surface area contributed by atoms with Crippen LogP contribution in [-0.2, 0) is 5.41 Å². The van der Waals surface area contributed by atoms with Crippen LogP contribution in [0.4, 0.5) is 17.1 Å². The Kier molecular flexibility index (Phi) is 6.75. The van der Waals surface area contributed by atoms with Crippen LogP contribution in [0, 0.1) is 0 Å². The summed E-state index contributed by atoms with van der Waals surface area (Å²) in [5.41, 5.74) is 16.8. The van der Waals surface area contributed by atoms with Gasteiger partial charge in [0.1, 0.15) is 0 Å². The molecule has 240 valence electrons. The summed E-state index contributed by atoms with van der Waals surface area (Å²) in [6.45, 7) is 14.2. The van der Waals surface area contributed by atoms with Crippen LogP contribution in [0.3, 0.4) is 0 Å². The van der Waals surface area contributed by atoms with E-state index in [9.17, 15) is 0 Å². The zero-order valence-corrected chi connectivity index (χ0v) is 29.3. The van der Waals surface area contributed by atoms with Crippen molar-refractivity contribution in [1.29, 1.82) is 0 Å². The molecular formula is C46H42BNO. The molecule has 2 nitrogen and oxygen atoms in total.